The molecule has 9 heavy (non-hydrogen) atoms. The second kappa shape index (κ2) is 4.77. The molecule has 0 aliphatic carbocycles. The van der Waals surface area contributed by atoms with E-state index < -0.39 is 6.25 Å². The Labute approximate surface area is 69.2 Å². The smallest absolute Gasteiger partial charge is 0.382 e. The number of methoxy groups -OCH3 is 1. The van der Waals surface area contributed by atoms with Crippen LogP contribution in [0.2, 0.25) is 0 Å². The van der Waals surface area contributed by atoms with Crippen LogP contribution in [0.4, 0.5) is 0 Å². The Morgan fingerprint density at radius 1 is 1.22 bits per heavy atom. The fraction of sp³-hybridized carbons (Fsp3) is 1.00. The lowest BCUT2D eigenvalue weighted by Crippen LogP contribution is -2.18. The van der Waals surface area contributed by atoms with Crippen LogP contribution < -0.4 is 0 Å². The molecular weight excluding hydrogens is 202 g/mol. The molecule has 56 valence electrons. The summed E-state index contributed by atoms with van der Waals surface area (Å²) in [5, 5.41) is 0. The van der Waals surface area contributed by atoms with Crippen LogP contribution in [0.25, 0.3) is 0 Å². The summed E-state index contributed by atoms with van der Waals surface area (Å²) in [5.74, 6) is 0. The second-order valence-electron chi connectivity index (χ2n) is 1.29. The molecule has 0 rings (SSSR count). The fourth-order valence-corrected chi connectivity index (χ4v) is 1.25. The van der Waals surface area contributed by atoms with Gasteiger partial charge in [-0.1, -0.05) is 33.2 Å². The van der Waals surface area contributed by atoms with Gasteiger partial charge in [0.25, 0.3) is 0 Å². The van der Waals surface area contributed by atoms with Gasteiger partial charge in [0.15, 0.2) is 0 Å². The van der Waals surface area contributed by atoms with E-state index >= 15 is 0 Å². The van der Waals surface area contributed by atoms with Crippen molar-refractivity contribution in [3.05, 3.63) is 0 Å². The number of hydrogen-bond donors (Lipinski definition) is 0. The maximum atomic E-state index is 5.36. The molecule has 0 aliphatic heterocycles. The zero-order valence-electron chi connectivity index (χ0n) is 4.86. The fourth-order valence-electron chi connectivity index (χ4n) is 0.241. The monoisotopic (exact) mass is 208 g/mol. The van der Waals surface area contributed by atoms with Crippen molar-refractivity contribution in [2.75, 3.05) is 20.3 Å². The molecule has 0 amide bonds. The third-order valence-electron chi connectivity index (χ3n) is 0.553. The highest BCUT2D eigenvalue weighted by molar-refractivity contribution is 7.62. The van der Waals surface area contributed by atoms with E-state index in [0.29, 0.717) is 13.2 Å². The Kier molecular flexibility index (Phi) is 5.30. The number of ether oxygens (including phenoxy) is 1. The minimum Gasteiger partial charge on any atom is -0.382 e. The minimum absolute atomic E-state index is 0.346. The van der Waals surface area contributed by atoms with Crippen molar-refractivity contribution in [2.45, 2.75) is 0 Å². The summed E-state index contributed by atoms with van der Waals surface area (Å²) in [6.45, 7) is 0.806. The lowest BCUT2D eigenvalue weighted by Gasteiger charge is -2.07. The molecule has 0 aliphatic rings. The lowest BCUT2D eigenvalue weighted by atomic mass is 10.8. The van der Waals surface area contributed by atoms with Gasteiger partial charge in [-0.25, -0.2) is 0 Å². The first-order valence-corrected chi connectivity index (χ1v) is 7.20. The highest BCUT2D eigenvalue weighted by atomic mass is 35.8. The van der Waals surface area contributed by atoms with Gasteiger partial charge in [-0.3, -0.25) is 0 Å². The van der Waals surface area contributed by atoms with Crippen molar-refractivity contribution in [3.63, 3.8) is 0 Å². The van der Waals surface area contributed by atoms with Crippen LogP contribution in [0, 0.1) is 0 Å². The van der Waals surface area contributed by atoms with Gasteiger partial charge >= 0.3 is 6.25 Å². The highest BCUT2D eigenvalue weighted by Gasteiger charge is 2.26. The van der Waals surface area contributed by atoms with Crippen LogP contribution in [-0.2, 0) is 9.16 Å². The van der Waals surface area contributed by atoms with E-state index in [2.05, 4.69) is 4.74 Å². The Bertz CT molecular complexity index is 73.9. The Hall–Kier alpha value is 1.01. The molecule has 0 saturated carbocycles. The van der Waals surface area contributed by atoms with Crippen LogP contribution in [0.15, 0.2) is 0 Å². The SMILES string of the molecule is COCCO[Si](Cl)(Cl)Cl. The van der Waals surface area contributed by atoms with Crippen LogP contribution in [0.5, 0.6) is 0 Å². The van der Waals surface area contributed by atoms with Gasteiger partial charge in [-0.05, 0) is 0 Å². The summed E-state index contributed by atoms with van der Waals surface area (Å²) >= 11 is 16.1. The lowest BCUT2D eigenvalue weighted by molar-refractivity contribution is 0.148. The third-order valence-corrected chi connectivity index (χ3v) is 2.07. The van der Waals surface area contributed by atoms with Gasteiger partial charge in [0.05, 0.1) is 13.2 Å². The quantitative estimate of drug-likeness (QED) is 0.399. The van der Waals surface area contributed by atoms with Crippen LogP contribution in [0.1, 0.15) is 0 Å². The highest BCUT2D eigenvalue weighted by Crippen LogP contribution is 2.20. The molecule has 0 saturated heterocycles. The zero-order valence-corrected chi connectivity index (χ0v) is 8.13. The van der Waals surface area contributed by atoms with Crippen molar-refractivity contribution in [1.29, 1.82) is 0 Å². The first kappa shape index (κ1) is 10.0. The minimum atomic E-state index is -2.86. The van der Waals surface area contributed by atoms with E-state index in [0.717, 1.165) is 0 Å². The Morgan fingerprint density at radius 3 is 2.11 bits per heavy atom. The van der Waals surface area contributed by atoms with E-state index in [1.165, 1.54) is 0 Å². The molecule has 0 heterocycles. The molecule has 0 aromatic carbocycles. The summed E-state index contributed by atoms with van der Waals surface area (Å²) in [4.78, 5) is 0. The van der Waals surface area contributed by atoms with Crippen LogP contribution in [-0.4, -0.2) is 26.6 Å². The average Bonchev–Trinajstić information content (AvgIpc) is 1.63. The van der Waals surface area contributed by atoms with Crippen molar-refractivity contribution in [2.24, 2.45) is 0 Å². The Balaban J connectivity index is 3.07. The molecule has 0 N–H and O–H groups in total. The second-order valence-corrected chi connectivity index (χ2v) is 9.00. The number of rotatable bonds is 4. The normalized spacial score (nSPS) is 12.0. The maximum Gasteiger partial charge on any atom is 0.493 e. The van der Waals surface area contributed by atoms with Gasteiger partial charge in [0.1, 0.15) is 0 Å². The first-order valence-electron chi connectivity index (χ1n) is 2.26. The topological polar surface area (TPSA) is 18.5 Å². The van der Waals surface area contributed by atoms with Gasteiger partial charge in [0.2, 0.25) is 0 Å². The molecule has 0 atom stereocenters. The van der Waals surface area contributed by atoms with Crippen molar-refractivity contribution in [1.82, 2.24) is 0 Å². The van der Waals surface area contributed by atoms with E-state index in [4.69, 9.17) is 37.7 Å². The van der Waals surface area contributed by atoms with Crippen molar-refractivity contribution in [3.8, 4) is 0 Å². The van der Waals surface area contributed by atoms with E-state index in [1.807, 2.05) is 0 Å². The zero-order chi connectivity index (χ0) is 7.33. The maximum absolute atomic E-state index is 5.36. The third kappa shape index (κ3) is 9.01. The molecule has 0 unspecified atom stereocenters. The largest absolute Gasteiger partial charge is 0.493 e. The molecule has 0 spiro atoms. The summed E-state index contributed by atoms with van der Waals surface area (Å²) in [5.41, 5.74) is 0. The van der Waals surface area contributed by atoms with E-state index in [1.54, 1.807) is 7.11 Å². The van der Waals surface area contributed by atoms with Crippen LogP contribution >= 0.6 is 33.2 Å². The van der Waals surface area contributed by atoms with Gasteiger partial charge in [0, 0.05) is 7.11 Å². The summed E-state index contributed by atoms with van der Waals surface area (Å²) in [6, 6.07) is 0. The first-order chi connectivity index (χ1) is 4.06. The summed E-state index contributed by atoms with van der Waals surface area (Å²) in [7, 11) is 1.56. The molecule has 0 aromatic heterocycles. The molecule has 0 aromatic rings. The molecule has 0 radical (unpaired) electrons. The molecule has 0 bridgehead atoms. The Morgan fingerprint density at radius 2 is 1.78 bits per heavy atom. The van der Waals surface area contributed by atoms with E-state index in [9.17, 15) is 0 Å². The molecule has 2 nitrogen and oxygen atoms in total. The van der Waals surface area contributed by atoms with E-state index in [-0.39, 0.29) is 0 Å². The molecule has 6 heteroatoms. The number of hydrogen-bond acceptors (Lipinski definition) is 2. The summed E-state index contributed by atoms with van der Waals surface area (Å²) in [6.07, 6.45) is -2.86. The molecular formula is C3H7Cl3O2Si. The predicted octanol–water partition coefficient (Wildman–Crippen LogP) is 1.80. The van der Waals surface area contributed by atoms with Gasteiger partial charge < -0.3 is 9.16 Å². The predicted molar refractivity (Wildman–Crippen MR) is 41.1 cm³/mol. The van der Waals surface area contributed by atoms with Gasteiger partial charge in [-0.15, -0.1) is 0 Å². The number of halogens is 3. The van der Waals surface area contributed by atoms with Gasteiger partial charge in [-0.2, -0.15) is 0 Å². The average molecular weight is 210 g/mol. The van der Waals surface area contributed by atoms with Crippen molar-refractivity contribution < 1.29 is 9.16 Å². The standard InChI is InChI=1S/C3H7Cl3O2Si/c1-7-2-3-8-9(4,5)6/h2-3H2,1H3. The van der Waals surface area contributed by atoms with Crippen molar-refractivity contribution >= 4 is 39.5 Å². The molecule has 0 fully saturated rings. The van der Waals surface area contributed by atoms with Crippen LogP contribution in [0.3, 0.4) is 0 Å². The summed E-state index contributed by atoms with van der Waals surface area (Å²) < 4.78 is 9.44.